The van der Waals surface area contributed by atoms with Crippen molar-refractivity contribution in [3.05, 3.63) is 30.1 Å². The molecule has 2 atom stereocenters. The Bertz CT molecular complexity index is 309. The highest BCUT2D eigenvalue weighted by Gasteiger charge is 2.13. The van der Waals surface area contributed by atoms with Gasteiger partial charge in [0, 0.05) is 25.0 Å². The lowest BCUT2D eigenvalue weighted by molar-refractivity contribution is 0.0112. The van der Waals surface area contributed by atoms with E-state index in [1.165, 1.54) is 24.8 Å². The fourth-order valence-corrected chi connectivity index (χ4v) is 2.27. The van der Waals surface area contributed by atoms with Crippen molar-refractivity contribution in [1.82, 2.24) is 10.3 Å². The molecule has 0 aliphatic carbocycles. The van der Waals surface area contributed by atoms with Crippen molar-refractivity contribution in [3.63, 3.8) is 0 Å². The summed E-state index contributed by atoms with van der Waals surface area (Å²) >= 11 is 0. The fraction of sp³-hybridized carbons (Fsp3) is 0.643. The number of hydrogen-bond donors (Lipinski definition) is 1. The van der Waals surface area contributed by atoms with Crippen LogP contribution in [0.5, 0.6) is 0 Å². The monoisotopic (exact) mass is 234 g/mol. The summed E-state index contributed by atoms with van der Waals surface area (Å²) in [5.41, 5.74) is 1.30. The number of pyridine rings is 1. The second-order valence-electron chi connectivity index (χ2n) is 4.73. The molecular weight excluding hydrogens is 212 g/mol. The second kappa shape index (κ2) is 6.72. The van der Waals surface area contributed by atoms with Gasteiger partial charge in [-0.05, 0) is 56.8 Å². The molecule has 1 saturated heterocycles. The first kappa shape index (κ1) is 12.5. The van der Waals surface area contributed by atoms with E-state index in [0.717, 1.165) is 19.6 Å². The summed E-state index contributed by atoms with van der Waals surface area (Å²) in [5, 5.41) is 3.54. The van der Waals surface area contributed by atoms with E-state index in [-0.39, 0.29) is 0 Å². The van der Waals surface area contributed by atoms with Crippen LogP contribution in [0.1, 0.15) is 44.2 Å². The van der Waals surface area contributed by atoms with Gasteiger partial charge in [-0.1, -0.05) is 0 Å². The molecule has 0 spiro atoms. The number of ether oxygens (including phenoxy) is 1. The average molecular weight is 234 g/mol. The lowest BCUT2D eigenvalue weighted by Gasteiger charge is -2.23. The Balaban J connectivity index is 1.67. The first-order chi connectivity index (χ1) is 8.36. The molecule has 0 amide bonds. The summed E-state index contributed by atoms with van der Waals surface area (Å²) in [5.74, 6) is 0. The number of hydrogen-bond acceptors (Lipinski definition) is 3. The van der Waals surface area contributed by atoms with Crippen LogP contribution >= 0.6 is 0 Å². The van der Waals surface area contributed by atoms with Gasteiger partial charge in [-0.3, -0.25) is 4.98 Å². The van der Waals surface area contributed by atoms with Crippen LogP contribution in [-0.4, -0.2) is 24.2 Å². The first-order valence-corrected chi connectivity index (χ1v) is 6.61. The van der Waals surface area contributed by atoms with Gasteiger partial charge in [0.2, 0.25) is 0 Å². The molecular formula is C14H22N2O. The van der Waals surface area contributed by atoms with E-state index < -0.39 is 0 Å². The van der Waals surface area contributed by atoms with Gasteiger partial charge in [-0.15, -0.1) is 0 Å². The number of aromatic nitrogens is 1. The van der Waals surface area contributed by atoms with Crippen LogP contribution < -0.4 is 5.32 Å². The molecule has 1 aromatic rings. The van der Waals surface area contributed by atoms with E-state index in [4.69, 9.17) is 4.74 Å². The zero-order chi connectivity index (χ0) is 11.9. The van der Waals surface area contributed by atoms with Crippen LogP contribution in [0.15, 0.2) is 24.5 Å². The third kappa shape index (κ3) is 4.10. The number of nitrogens with one attached hydrogen (secondary N) is 1. The third-order valence-electron chi connectivity index (χ3n) is 3.40. The number of rotatable bonds is 5. The molecule has 0 bridgehead atoms. The molecule has 1 aliphatic heterocycles. The van der Waals surface area contributed by atoms with E-state index in [1.54, 1.807) is 0 Å². The van der Waals surface area contributed by atoms with Gasteiger partial charge in [0.15, 0.2) is 0 Å². The van der Waals surface area contributed by atoms with Crippen molar-refractivity contribution in [2.75, 3.05) is 13.2 Å². The SMILES string of the molecule is CC(NCCC1CCCCO1)c1ccncc1. The fourth-order valence-electron chi connectivity index (χ4n) is 2.27. The maximum atomic E-state index is 5.72. The highest BCUT2D eigenvalue weighted by Crippen LogP contribution is 2.16. The Hall–Kier alpha value is -0.930. The molecule has 0 saturated carbocycles. The molecule has 3 nitrogen and oxygen atoms in total. The predicted octanol–water partition coefficient (Wildman–Crippen LogP) is 2.69. The molecule has 1 aromatic heterocycles. The van der Waals surface area contributed by atoms with Crippen LogP contribution in [0.2, 0.25) is 0 Å². The summed E-state index contributed by atoms with van der Waals surface area (Å²) in [6, 6.07) is 4.52. The maximum absolute atomic E-state index is 5.72. The van der Waals surface area contributed by atoms with E-state index in [0.29, 0.717) is 12.1 Å². The summed E-state index contributed by atoms with van der Waals surface area (Å²) in [6.45, 7) is 4.16. The molecule has 2 heterocycles. The van der Waals surface area contributed by atoms with Crippen LogP contribution in [0.4, 0.5) is 0 Å². The normalized spacial score (nSPS) is 22.3. The minimum Gasteiger partial charge on any atom is -0.378 e. The minimum atomic E-state index is 0.390. The molecule has 2 unspecified atom stereocenters. The van der Waals surface area contributed by atoms with Gasteiger partial charge in [0.05, 0.1) is 6.10 Å². The van der Waals surface area contributed by atoms with Crippen molar-refractivity contribution >= 4 is 0 Å². The quantitative estimate of drug-likeness (QED) is 0.850. The van der Waals surface area contributed by atoms with E-state index in [1.807, 2.05) is 12.4 Å². The van der Waals surface area contributed by atoms with E-state index in [9.17, 15) is 0 Å². The van der Waals surface area contributed by atoms with Crippen molar-refractivity contribution < 1.29 is 4.74 Å². The van der Waals surface area contributed by atoms with Crippen LogP contribution in [0, 0.1) is 0 Å². The lowest BCUT2D eigenvalue weighted by Crippen LogP contribution is -2.27. The third-order valence-corrected chi connectivity index (χ3v) is 3.40. The molecule has 1 N–H and O–H groups in total. The van der Waals surface area contributed by atoms with Gasteiger partial charge in [0.25, 0.3) is 0 Å². The molecule has 0 radical (unpaired) electrons. The highest BCUT2D eigenvalue weighted by atomic mass is 16.5. The summed E-state index contributed by atoms with van der Waals surface area (Å²) in [6.07, 6.45) is 9.07. The van der Waals surface area contributed by atoms with Crippen molar-refractivity contribution in [2.24, 2.45) is 0 Å². The Morgan fingerprint density at radius 3 is 2.94 bits per heavy atom. The summed E-state index contributed by atoms with van der Waals surface area (Å²) in [4.78, 5) is 4.03. The molecule has 0 aromatic carbocycles. The van der Waals surface area contributed by atoms with Crippen molar-refractivity contribution in [3.8, 4) is 0 Å². The zero-order valence-corrected chi connectivity index (χ0v) is 10.6. The summed E-state index contributed by atoms with van der Waals surface area (Å²) < 4.78 is 5.72. The van der Waals surface area contributed by atoms with Gasteiger partial charge >= 0.3 is 0 Å². The standard InChI is InChI=1S/C14H22N2O/c1-12(13-5-8-15-9-6-13)16-10-7-14-4-2-3-11-17-14/h5-6,8-9,12,14,16H,2-4,7,10-11H2,1H3. The topological polar surface area (TPSA) is 34.1 Å². The van der Waals surface area contributed by atoms with Gasteiger partial charge < -0.3 is 10.1 Å². The highest BCUT2D eigenvalue weighted by molar-refractivity contribution is 5.13. The molecule has 1 aliphatic rings. The van der Waals surface area contributed by atoms with Crippen molar-refractivity contribution in [2.45, 2.75) is 44.8 Å². The molecule has 17 heavy (non-hydrogen) atoms. The van der Waals surface area contributed by atoms with Gasteiger partial charge in [0.1, 0.15) is 0 Å². The van der Waals surface area contributed by atoms with E-state index >= 15 is 0 Å². The van der Waals surface area contributed by atoms with Crippen molar-refractivity contribution in [1.29, 1.82) is 0 Å². The Labute approximate surface area is 104 Å². The Morgan fingerprint density at radius 1 is 1.41 bits per heavy atom. The molecule has 2 rings (SSSR count). The lowest BCUT2D eigenvalue weighted by atomic mass is 10.1. The molecule has 94 valence electrons. The van der Waals surface area contributed by atoms with Gasteiger partial charge in [-0.2, -0.15) is 0 Å². The minimum absolute atomic E-state index is 0.390. The van der Waals surface area contributed by atoms with Crippen LogP contribution in [-0.2, 0) is 4.74 Å². The van der Waals surface area contributed by atoms with Gasteiger partial charge in [-0.25, -0.2) is 0 Å². The zero-order valence-electron chi connectivity index (χ0n) is 10.6. The Kier molecular flexibility index (Phi) is 4.95. The molecule has 3 heteroatoms. The van der Waals surface area contributed by atoms with Crippen LogP contribution in [0.3, 0.4) is 0 Å². The largest absolute Gasteiger partial charge is 0.378 e. The second-order valence-corrected chi connectivity index (χ2v) is 4.73. The first-order valence-electron chi connectivity index (χ1n) is 6.61. The average Bonchev–Trinajstić information content (AvgIpc) is 2.41. The molecule has 1 fully saturated rings. The van der Waals surface area contributed by atoms with Crippen LogP contribution in [0.25, 0.3) is 0 Å². The summed E-state index contributed by atoms with van der Waals surface area (Å²) in [7, 11) is 0. The maximum Gasteiger partial charge on any atom is 0.0587 e. The van der Waals surface area contributed by atoms with E-state index in [2.05, 4.69) is 29.4 Å². The predicted molar refractivity (Wildman–Crippen MR) is 68.9 cm³/mol. The smallest absolute Gasteiger partial charge is 0.0587 e. The number of nitrogens with zero attached hydrogens (tertiary/aromatic N) is 1. The Morgan fingerprint density at radius 2 is 2.24 bits per heavy atom.